The molecule has 0 aliphatic carbocycles. The van der Waals surface area contributed by atoms with Crippen molar-refractivity contribution in [2.24, 2.45) is 0 Å². The summed E-state index contributed by atoms with van der Waals surface area (Å²) in [4.78, 5) is 35.0. The summed E-state index contributed by atoms with van der Waals surface area (Å²) < 4.78 is 15.4. The average molecular weight is 374 g/mol. The normalized spacial score (nSPS) is 11.2. The second kappa shape index (κ2) is 8.65. The molecule has 9 nitrogen and oxygen atoms in total. The number of methoxy groups -OCH3 is 2. The third kappa shape index (κ3) is 4.51. The first-order valence-corrected chi connectivity index (χ1v) is 7.85. The number of nitrogens with one attached hydrogen (secondary N) is 1. The zero-order valence-corrected chi connectivity index (χ0v) is 14.9. The molecule has 0 saturated carbocycles. The van der Waals surface area contributed by atoms with Crippen LogP contribution in [0, 0.1) is 10.1 Å². The molecule has 0 heterocycles. The predicted octanol–water partition coefficient (Wildman–Crippen LogP) is 2.80. The molecule has 0 aliphatic rings. The second-order valence-electron chi connectivity index (χ2n) is 5.35. The van der Waals surface area contributed by atoms with Crippen LogP contribution in [0.3, 0.4) is 0 Å². The van der Waals surface area contributed by atoms with Crippen molar-refractivity contribution in [1.82, 2.24) is 0 Å². The number of nitro benzene ring substituents is 1. The molecule has 0 aromatic heterocycles. The Morgan fingerprint density at radius 3 is 2.41 bits per heavy atom. The Balaban J connectivity index is 2.13. The van der Waals surface area contributed by atoms with Crippen LogP contribution in [0.5, 0.6) is 11.5 Å². The van der Waals surface area contributed by atoms with Gasteiger partial charge < -0.3 is 19.5 Å². The van der Waals surface area contributed by atoms with E-state index in [9.17, 15) is 19.7 Å². The summed E-state index contributed by atoms with van der Waals surface area (Å²) in [5.41, 5.74) is -0.171. The predicted molar refractivity (Wildman–Crippen MR) is 96.1 cm³/mol. The quantitative estimate of drug-likeness (QED) is 0.450. The van der Waals surface area contributed by atoms with E-state index in [1.807, 2.05) is 0 Å². The maximum Gasteiger partial charge on any atom is 0.342 e. The molecule has 0 radical (unpaired) electrons. The maximum absolute atomic E-state index is 12.4. The molecule has 0 aliphatic heterocycles. The van der Waals surface area contributed by atoms with Crippen molar-refractivity contribution in [2.45, 2.75) is 13.0 Å². The Morgan fingerprint density at radius 2 is 1.78 bits per heavy atom. The number of hydrogen-bond donors (Lipinski definition) is 1. The van der Waals surface area contributed by atoms with Gasteiger partial charge in [0.25, 0.3) is 11.6 Å². The number of carbonyl (C=O) groups excluding carboxylic acids is 2. The smallest absolute Gasteiger partial charge is 0.342 e. The Kier molecular flexibility index (Phi) is 6.32. The van der Waals surface area contributed by atoms with Gasteiger partial charge in [-0.15, -0.1) is 0 Å². The van der Waals surface area contributed by atoms with E-state index in [4.69, 9.17) is 14.2 Å². The van der Waals surface area contributed by atoms with Gasteiger partial charge in [0.1, 0.15) is 11.3 Å². The van der Waals surface area contributed by atoms with Gasteiger partial charge in [-0.1, -0.05) is 18.2 Å². The van der Waals surface area contributed by atoms with Gasteiger partial charge in [-0.05, 0) is 25.1 Å². The zero-order valence-electron chi connectivity index (χ0n) is 14.9. The molecule has 2 aromatic rings. The van der Waals surface area contributed by atoms with Crippen molar-refractivity contribution in [2.75, 3.05) is 19.5 Å². The molecule has 1 atom stereocenters. The summed E-state index contributed by atoms with van der Waals surface area (Å²) in [5, 5.41) is 13.4. The van der Waals surface area contributed by atoms with E-state index in [1.165, 1.54) is 45.4 Å². The van der Waals surface area contributed by atoms with E-state index in [2.05, 4.69) is 5.32 Å². The number of esters is 1. The van der Waals surface area contributed by atoms with Crippen LogP contribution in [0.25, 0.3) is 0 Å². The van der Waals surface area contributed by atoms with E-state index >= 15 is 0 Å². The number of nitro groups is 1. The first kappa shape index (κ1) is 19.7. The third-order valence-corrected chi connectivity index (χ3v) is 3.63. The number of ether oxygens (including phenoxy) is 3. The lowest BCUT2D eigenvalue weighted by Crippen LogP contribution is -2.30. The summed E-state index contributed by atoms with van der Waals surface area (Å²) in [6.45, 7) is 1.36. The number of carbonyl (C=O) groups is 2. The van der Waals surface area contributed by atoms with Gasteiger partial charge in [0.2, 0.25) is 0 Å². The van der Waals surface area contributed by atoms with Crippen LogP contribution >= 0.6 is 0 Å². The SMILES string of the molecule is COc1cccc(C(=O)O[C@@H](C)C(=O)Nc2ccccc2[N+](=O)[O-])c1OC. The minimum atomic E-state index is -1.20. The van der Waals surface area contributed by atoms with Crippen LogP contribution in [0.1, 0.15) is 17.3 Å². The fourth-order valence-electron chi connectivity index (χ4n) is 2.30. The highest BCUT2D eigenvalue weighted by Gasteiger charge is 2.24. The van der Waals surface area contributed by atoms with Gasteiger partial charge in [-0.2, -0.15) is 0 Å². The Labute approximate surface area is 155 Å². The van der Waals surface area contributed by atoms with Gasteiger partial charge >= 0.3 is 5.97 Å². The molecule has 9 heteroatoms. The molecular weight excluding hydrogens is 356 g/mol. The molecule has 1 N–H and O–H groups in total. The van der Waals surface area contributed by atoms with Gasteiger partial charge in [-0.3, -0.25) is 14.9 Å². The highest BCUT2D eigenvalue weighted by atomic mass is 16.6. The molecule has 1 amide bonds. The van der Waals surface area contributed by atoms with Crippen molar-refractivity contribution < 1.29 is 28.7 Å². The molecule has 27 heavy (non-hydrogen) atoms. The van der Waals surface area contributed by atoms with E-state index < -0.39 is 22.9 Å². The number of nitrogens with zero attached hydrogens (tertiary/aromatic N) is 1. The lowest BCUT2D eigenvalue weighted by molar-refractivity contribution is -0.383. The standard InChI is InChI=1S/C18H18N2O7/c1-11(17(21)19-13-8-4-5-9-14(13)20(23)24)27-18(22)12-7-6-10-15(25-2)16(12)26-3/h4-11H,1-3H3,(H,19,21)/t11-/m0/s1. The highest BCUT2D eigenvalue weighted by molar-refractivity contribution is 5.99. The molecule has 0 spiro atoms. The number of benzene rings is 2. The van der Waals surface area contributed by atoms with Crippen LogP contribution in [-0.2, 0) is 9.53 Å². The average Bonchev–Trinajstić information content (AvgIpc) is 2.67. The first-order chi connectivity index (χ1) is 12.9. The second-order valence-corrected chi connectivity index (χ2v) is 5.35. The van der Waals surface area contributed by atoms with Crippen LogP contribution in [0.4, 0.5) is 11.4 Å². The summed E-state index contributed by atoms with van der Waals surface area (Å²) in [6.07, 6.45) is -1.20. The Morgan fingerprint density at radius 1 is 1.07 bits per heavy atom. The number of para-hydroxylation sites is 3. The van der Waals surface area contributed by atoms with Gasteiger partial charge in [-0.25, -0.2) is 4.79 Å². The summed E-state index contributed by atoms with van der Waals surface area (Å²) in [6, 6.07) is 10.3. The van der Waals surface area contributed by atoms with Crippen molar-refractivity contribution in [3.8, 4) is 11.5 Å². The fraction of sp³-hybridized carbons (Fsp3) is 0.222. The van der Waals surface area contributed by atoms with Crippen LogP contribution in [0.2, 0.25) is 0 Å². The summed E-state index contributed by atoms with van der Waals surface area (Å²) >= 11 is 0. The molecule has 2 aromatic carbocycles. The third-order valence-electron chi connectivity index (χ3n) is 3.63. The van der Waals surface area contributed by atoms with E-state index in [-0.39, 0.29) is 22.7 Å². The van der Waals surface area contributed by atoms with E-state index in [0.29, 0.717) is 5.75 Å². The highest BCUT2D eigenvalue weighted by Crippen LogP contribution is 2.31. The van der Waals surface area contributed by atoms with E-state index in [0.717, 1.165) is 0 Å². The molecule has 0 saturated heterocycles. The Hall–Kier alpha value is -3.62. The topological polar surface area (TPSA) is 117 Å². The largest absolute Gasteiger partial charge is 0.493 e. The van der Waals surface area contributed by atoms with Crippen molar-refractivity contribution in [1.29, 1.82) is 0 Å². The lowest BCUT2D eigenvalue weighted by Gasteiger charge is -2.16. The monoisotopic (exact) mass is 374 g/mol. The molecule has 2 rings (SSSR count). The number of hydrogen-bond acceptors (Lipinski definition) is 7. The Bertz CT molecular complexity index is 867. The minimum Gasteiger partial charge on any atom is -0.493 e. The molecular formula is C18H18N2O7. The number of rotatable bonds is 7. The van der Waals surface area contributed by atoms with Crippen molar-refractivity contribution >= 4 is 23.3 Å². The van der Waals surface area contributed by atoms with Crippen LogP contribution in [0.15, 0.2) is 42.5 Å². The van der Waals surface area contributed by atoms with Crippen LogP contribution in [-0.4, -0.2) is 37.1 Å². The zero-order chi connectivity index (χ0) is 20.0. The van der Waals surface area contributed by atoms with Crippen molar-refractivity contribution in [3.63, 3.8) is 0 Å². The number of amides is 1. The summed E-state index contributed by atoms with van der Waals surface area (Å²) in [5.74, 6) is -0.990. The maximum atomic E-state index is 12.4. The van der Waals surface area contributed by atoms with Gasteiger partial charge in [0, 0.05) is 6.07 Å². The molecule has 0 fully saturated rings. The van der Waals surface area contributed by atoms with Crippen LogP contribution < -0.4 is 14.8 Å². The molecule has 0 unspecified atom stereocenters. The fourth-order valence-corrected chi connectivity index (χ4v) is 2.30. The number of anilines is 1. The van der Waals surface area contributed by atoms with E-state index in [1.54, 1.807) is 18.2 Å². The molecule has 0 bridgehead atoms. The van der Waals surface area contributed by atoms with Crippen molar-refractivity contribution in [3.05, 3.63) is 58.1 Å². The lowest BCUT2D eigenvalue weighted by atomic mass is 10.2. The van der Waals surface area contributed by atoms with Gasteiger partial charge in [0.05, 0.1) is 19.1 Å². The molecule has 142 valence electrons. The minimum absolute atomic E-state index is 0.00867. The summed E-state index contributed by atoms with van der Waals surface area (Å²) in [7, 11) is 2.80. The first-order valence-electron chi connectivity index (χ1n) is 7.85. The van der Waals surface area contributed by atoms with Gasteiger partial charge in [0.15, 0.2) is 17.6 Å².